The summed E-state index contributed by atoms with van der Waals surface area (Å²) in [6.07, 6.45) is 22.6. The largest absolute Gasteiger partial charge is 0.184 e. The summed E-state index contributed by atoms with van der Waals surface area (Å²) in [5.41, 5.74) is 4.05. The van der Waals surface area contributed by atoms with E-state index in [0.717, 1.165) is 19.3 Å². The van der Waals surface area contributed by atoms with Crippen molar-refractivity contribution in [3.63, 3.8) is 0 Å². The zero-order valence-corrected chi connectivity index (χ0v) is 25.1. The molecule has 0 atom stereocenters. The minimum atomic E-state index is 0. The van der Waals surface area contributed by atoms with Crippen molar-refractivity contribution in [2.24, 2.45) is 0 Å². The monoisotopic (exact) mass is 615 g/mol. The van der Waals surface area contributed by atoms with Crippen LogP contribution in [-0.2, 0) is 27.5 Å². The smallest absolute Gasteiger partial charge is 0 e. The Morgan fingerprint density at radius 1 is 0.576 bits per heavy atom. The number of hydrogen-bond acceptors (Lipinski definition) is 0. The van der Waals surface area contributed by atoms with E-state index in [1.165, 1.54) is 29.5 Å². The summed E-state index contributed by atoms with van der Waals surface area (Å²) < 4.78 is 0. The first-order valence-corrected chi connectivity index (χ1v) is 12.2. The fraction of sp³-hybridized carbons (Fsp3) is 0.375. The molecule has 33 heavy (non-hydrogen) atoms. The van der Waals surface area contributed by atoms with Gasteiger partial charge in [-0.1, -0.05) is 133 Å². The molecule has 0 nitrogen and oxygen atoms in total. The third-order valence-electron chi connectivity index (χ3n) is 3.72. The normalized spacial score (nSPS) is 10.9. The topological polar surface area (TPSA) is 0 Å². The predicted molar refractivity (Wildman–Crippen MR) is 148 cm³/mol. The van der Waals surface area contributed by atoms with Gasteiger partial charge in [-0.25, -0.2) is 0 Å². The maximum atomic E-state index is 2.93. The molecule has 0 N–H and O–H groups in total. The maximum Gasteiger partial charge on any atom is 0 e. The average molecular weight is 616 g/mol. The van der Waals surface area contributed by atoms with Crippen molar-refractivity contribution in [3.8, 4) is 0 Å². The van der Waals surface area contributed by atoms with Crippen molar-refractivity contribution >= 4 is 0 Å². The average Bonchev–Trinajstić information content (AvgIpc) is 3.56. The fourth-order valence-corrected chi connectivity index (χ4v) is 2.08. The van der Waals surface area contributed by atoms with Crippen LogP contribution in [0.3, 0.4) is 0 Å². The van der Waals surface area contributed by atoms with Gasteiger partial charge in [0.25, 0.3) is 0 Å². The molecule has 0 aromatic heterocycles. The van der Waals surface area contributed by atoms with Crippen LogP contribution in [0, 0.1) is 19.9 Å². The molecule has 0 aliphatic heterocycles. The van der Waals surface area contributed by atoms with Gasteiger partial charge < -0.3 is 0 Å². The van der Waals surface area contributed by atoms with Crippen LogP contribution < -0.4 is 0 Å². The molecule has 4 rings (SSSR count). The molecule has 2 aromatic rings. The van der Waals surface area contributed by atoms with Gasteiger partial charge in [0.1, 0.15) is 0 Å². The Labute approximate surface area is 220 Å². The van der Waals surface area contributed by atoms with E-state index in [1.54, 1.807) is 0 Å². The number of allylic oxidation sites excluding steroid dienone is 8. The summed E-state index contributed by atoms with van der Waals surface area (Å²) in [6.45, 7) is 14.8. The summed E-state index contributed by atoms with van der Waals surface area (Å²) in [6, 6.07) is 19.5. The van der Waals surface area contributed by atoms with E-state index in [0.29, 0.717) is 0 Å². The van der Waals surface area contributed by atoms with Gasteiger partial charge in [0.05, 0.1) is 0 Å². The minimum absolute atomic E-state index is 0. The molecule has 2 aliphatic rings. The first-order chi connectivity index (χ1) is 15.5. The molecule has 182 valence electrons. The second kappa shape index (κ2) is 30.1. The Morgan fingerprint density at radius 2 is 0.909 bits per heavy atom. The Morgan fingerprint density at radius 3 is 1.12 bits per heavy atom. The van der Waals surface area contributed by atoms with Gasteiger partial charge in [-0.3, -0.25) is 0 Å². The first kappa shape index (κ1) is 35.7. The van der Waals surface area contributed by atoms with E-state index >= 15 is 0 Å². The van der Waals surface area contributed by atoms with Crippen LogP contribution in [0.1, 0.15) is 77.0 Å². The Kier molecular flexibility index (Phi) is 32.5. The second-order valence-electron chi connectivity index (χ2n) is 7.51. The molecule has 0 bridgehead atoms. The van der Waals surface area contributed by atoms with Gasteiger partial charge in [0.15, 0.2) is 0 Å². The summed E-state index contributed by atoms with van der Waals surface area (Å²) in [7, 11) is 0. The third kappa shape index (κ3) is 30.1. The second-order valence-corrected chi connectivity index (χ2v) is 7.51. The van der Waals surface area contributed by atoms with Crippen LogP contribution in [0.5, 0.6) is 0 Å². The van der Waals surface area contributed by atoms with Crippen LogP contribution >= 0.6 is 0 Å². The van der Waals surface area contributed by atoms with E-state index in [4.69, 9.17) is 0 Å². The van der Waals surface area contributed by atoms with Crippen LogP contribution in [0.4, 0.5) is 0 Å². The molecule has 0 saturated heterocycles. The summed E-state index contributed by atoms with van der Waals surface area (Å²) in [5.74, 6) is 0. The number of rotatable bonds is 1. The SMILES string of the molecule is C1=CCC=C1.C1=CCC=C1.CCC.CCC.CCc1ccc(C)cc1.Cc1cc[c-]cc1.[W]. The van der Waals surface area contributed by atoms with Crippen molar-refractivity contribution < 1.29 is 21.1 Å². The molecule has 0 spiro atoms. The first-order valence-electron chi connectivity index (χ1n) is 12.2. The molecule has 0 unspecified atom stereocenters. The molecular weight excluding hydrogens is 568 g/mol. The van der Waals surface area contributed by atoms with Crippen molar-refractivity contribution in [2.45, 2.75) is 80.6 Å². The van der Waals surface area contributed by atoms with Crippen molar-refractivity contribution in [2.75, 3.05) is 0 Å². The molecule has 0 radical (unpaired) electrons. The van der Waals surface area contributed by atoms with Crippen LogP contribution in [0.25, 0.3) is 0 Å². The zero-order chi connectivity index (χ0) is 24.3. The zero-order valence-electron chi connectivity index (χ0n) is 22.2. The Balaban J connectivity index is -0.000000340. The standard InChI is InChI=1S/C9H12.C7H7.2C5H6.2C3H8.W/c1-3-9-6-4-8(2)5-7-9;1-7-5-3-2-4-6-7;2*1-2-4-5-3-1;2*1-3-2;/h4-7H,3H2,1-2H3;3-6H,1H3;2*1-4H,5H2;2*3H2,1-2H3;/q;-1;;;;;. The van der Waals surface area contributed by atoms with Gasteiger partial charge in [0, 0.05) is 21.1 Å². The maximum absolute atomic E-state index is 2.93. The van der Waals surface area contributed by atoms with Crippen LogP contribution in [0.2, 0.25) is 0 Å². The van der Waals surface area contributed by atoms with Crippen LogP contribution in [-0.4, -0.2) is 0 Å². The van der Waals surface area contributed by atoms with Crippen molar-refractivity contribution in [1.29, 1.82) is 0 Å². The van der Waals surface area contributed by atoms with Gasteiger partial charge in [-0.15, -0.1) is 0 Å². The van der Waals surface area contributed by atoms with E-state index in [-0.39, 0.29) is 21.1 Å². The summed E-state index contributed by atoms with van der Waals surface area (Å²) >= 11 is 0. The Hall–Kier alpha value is -1.91. The summed E-state index contributed by atoms with van der Waals surface area (Å²) in [4.78, 5) is 0. The molecule has 0 saturated carbocycles. The summed E-state index contributed by atoms with van der Waals surface area (Å²) in [5, 5.41) is 0. The number of aryl methyl sites for hydroxylation is 3. The molecular formula is C32H47W-. The molecule has 0 amide bonds. The quantitative estimate of drug-likeness (QED) is 0.280. The van der Waals surface area contributed by atoms with Gasteiger partial charge in [0.2, 0.25) is 0 Å². The van der Waals surface area contributed by atoms with Crippen molar-refractivity contribution in [1.82, 2.24) is 0 Å². The van der Waals surface area contributed by atoms with Crippen LogP contribution in [0.15, 0.2) is 97.1 Å². The Bertz CT molecular complexity index is 675. The molecule has 2 aromatic carbocycles. The third-order valence-corrected chi connectivity index (χ3v) is 3.72. The number of hydrogen-bond donors (Lipinski definition) is 0. The molecule has 0 fully saturated rings. The fourth-order valence-electron chi connectivity index (χ4n) is 2.08. The molecule has 0 heterocycles. The van der Waals surface area contributed by atoms with E-state index < -0.39 is 0 Å². The van der Waals surface area contributed by atoms with Gasteiger partial charge in [-0.2, -0.15) is 35.9 Å². The minimum Gasteiger partial charge on any atom is -0.184 e. The van der Waals surface area contributed by atoms with E-state index in [2.05, 4.69) is 127 Å². The predicted octanol–water partition coefficient (Wildman–Crippen LogP) is 10.2. The van der Waals surface area contributed by atoms with E-state index in [1.807, 2.05) is 24.3 Å². The van der Waals surface area contributed by atoms with E-state index in [9.17, 15) is 0 Å². The van der Waals surface area contributed by atoms with Gasteiger partial charge >= 0.3 is 0 Å². The number of benzene rings is 2. The molecule has 2 aliphatic carbocycles. The molecule has 1 heteroatoms. The van der Waals surface area contributed by atoms with Gasteiger partial charge in [-0.05, 0) is 31.7 Å². The van der Waals surface area contributed by atoms with Crippen molar-refractivity contribution in [3.05, 3.63) is 120 Å².